The van der Waals surface area contributed by atoms with E-state index in [4.69, 9.17) is 38.7 Å². The first-order valence-corrected chi connectivity index (χ1v) is 9.25. The molecule has 0 fully saturated rings. The minimum Gasteiger partial charge on any atom is -0.493 e. The van der Waals surface area contributed by atoms with Crippen LogP contribution in [0.4, 0.5) is 0 Å². The van der Waals surface area contributed by atoms with Gasteiger partial charge in [0.2, 0.25) is 5.75 Å². The maximum absolute atomic E-state index is 9.92. The standard InChI is InChI=1S/C19H25NO5.C2H2O4/c1-22-17-9-6-10-18(23-2)19(17)24-12-11-20-13-15(21)14-25-16-7-4-3-5-8-16;3-1(4)2(5)6/h3-10,15,20-21H,11-14H2,1-2H3;(H,3,4)(H,5,6). The van der Waals surface area contributed by atoms with E-state index < -0.39 is 18.0 Å². The number of para-hydroxylation sites is 2. The van der Waals surface area contributed by atoms with Gasteiger partial charge in [-0.25, -0.2) is 9.59 Å². The molecule has 0 radical (unpaired) electrons. The minimum absolute atomic E-state index is 0.234. The van der Waals surface area contributed by atoms with Gasteiger partial charge in [-0.15, -0.1) is 0 Å². The first kappa shape index (κ1) is 25.5. The predicted molar refractivity (Wildman–Crippen MR) is 111 cm³/mol. The maximum Gasteiger partial charge on any atom is 0.414 e. The average Bonchev–Trinajstić information content (AvgIpc) is 2.78. The number of nitrogens with one attached hydrogen (secondary N) is 1. The Morgan fingerprint density at radius 2 is 1.48 bits per heavy atom. The molecule has 1 unspecified atom stereocenters. The lowest BCUT2D eigenvalue weighted by atomic mass is 10.3. The molecule has 10 nitrogen and oxygen atoms in total. The number of aliphatic hydroxyl groups is 1. The molecule has 0 aliphatic heterocycles. The number of hydrogen-bond donors (Lipinski definition) is 4. The van der Waals surface area contributed by atoms with Crippen LogP contribution in [0.25, 0.3) is 0 Å². The number of hydrogen-bond acceptors (Lipinski definition) is 8. The van der Waals surface area contributed by atoms with Crippen molar-refractivity contribution in [1.82, 2.24) is 5.32 Å². The molecule has 0 aliphatic carbocycles. The number of ether oxygens (including phenoxy) is 4. The zero-order valence-electron chi connectivity index (χ0n) is 17.3. The van der Waals surface area contributed by atoms with E-state index in [1.165, 1.54) is 0 Å². The summed E-state index contributed by atoms with van der Waals surface area (Å²) >= 11 is 0. The summed E-state index contributed by atoms with van der Waals surface area (Å²) in [5.74, 6) is -1.09. The van der Waals surface area contributed by atoms with E-state index in [1.54, 1.807) is 14.2 Å². The zero-order chi connectivity index (χ0) is 23.1. The Morgan fingerprint density at radius 3 is 2.00 bits per heavy atom. The molecule has 0 saturated heterocycles. The number of carboxylic acids is 2. The Kier molecular flexibility index (Phi) is 11.9. The van der Waals surface area contributed by atoms with E-state index in [2.05, 4.69) is 5.32 Å². The summed E-state index contributed by atoms with van der Waals surface area (Å²) in [7, 11) is 3.17. The molecule has 1 atom stereocenters. The molecule has 2 rings (SSSR count). The van der Waals surface area contributed by atoms with Crippen LogP contribution in [-0.4, -0.2) is 73.9 Å². The second kappa shape index (κ2) is 14.5. The Bertz CT molecular complexity index is 764. The maximum atomic E-state index is 9.92. The van der Waals surface area contributed by atoms with E-state index in [0.29, 0.717) is 36.9 Å². The van der Waals surface area contributed by atoms with E-state index in [0.717, 1.165) is 5.75 Å². The van der Waals surface area contributed by atoms with Gasteiger partial charge in [0.1, 0.15) is 25.1 Å². The van der Waals surface area contributed by atoms with Crippen LogP contribution in [0.1, 0.15) is 0 Å². The highest BCUT2D eigenvalue weighted by Gasteiger charge is 2.11. The highest BCUT2D eigenvalue weighted by molar-refractivity contribution is 6.27. The molecule has 31 heavy (non-hydrogen) atoms. The number of benzene rings is 2. The highest BCUT2D eigenvalue weighted by atomic mass is 16.5. The lowest BCUT2D eigenvalue weighted by Crippen LogP contribution is -2.33. The monoisotopic (exact) mass is 437 g/mol. The van der Waals surface area contributed by atoms with Crippen molar-refractivity contribution >= 4 is 11.9 Å². The summed E-state index contributed by atoms with van der Waals surface area (Å²) in [5.41, 5.74) is 0. The van der Waals surface area contributed by atoms with Crippen molar-refractivity contribution in [1.29, 1.82) is 0 Å². The summed E-state index contributed by atoms with van der Waals surface area (Å²) < 4.78 is 21.8. The van der Waals surface area contributed by atoms with Crippen LogP contribution in [0.3, 0.4) is 0 Å². The van der Waals surface area contributed by atoms with Crippen molar-refractivity contribution in [3.8, 4) is 23.0 Å². The normalized spacial score (nSPS) is 10.8. The molecule has 170 valence electrons. The van der Waals surface area contributed by atoms with Crippen LogP contribution in [0.15, 0.2) is 48.5 Å². The summed E-state index contributed by atoms with van der Waals surface area (Å²) in [5, 5.41) is 27.8. The molecule has 0 heterocycles. The molecule has 0 aliphatic rings. The second-order valence-corrected chi connectivity index (χ2v) is 5.93. The van der Waals surface area contributed by atoms with Crippen molar-refractivity contribution in [2.24, 2.45) is 0 Å². The Balaban J connectivity index is 0.000000703. The fourth-order valence-electron chi connectivity index (χ4n) is 2.22. The van der Waals surface area contributed by atoms with E-state index in [9.17, 15) is 5.11 Å². The molecule has 0 amide bonds. The van der Waals surface area contributed by atoms with Crippen LogP contribution in [0.2, 0.25) is 0 Å². The highest BCUT2D eigenvalue weighted by Crippen LogP contribution is 2.36. The largest absolute Gasteiger partial charge is 0.493 e. The fourth-order valence-corrected chi connectivity index (χ4v) is 2.22. The average molecular weight is 437 g/mol. The van der Waals surface area contributed by atoms with Crippen molar-refractivity contribution in [3.05, 3.63) is 48.5 Å². The van der Waals surface area contributed by atoms with Crippen LogP contribution in [0, 0.1) is 0 Å². The predicted octanol–water partition coefficient (Wildman–Crippen LogP) is 1.27. The molecule has 0 saturated carbocycles. The quantitative estimate of drug-likeness (QED) is 0.300. The van der Waals surface area contributed by atoms with Gasteiger partial charge in [-0.1, -0.05) is 24.3 Å². The molecule has 0 spiro atoms. The SMILES string of the molecule is COc1cccc(OC)c1OCCNCC(O)COc1ccccc1.O=C(O)C(=O)O. The van der Waals surface area contributed by atoms with Crippen molar-refractivity contribution < 1.29 is 43.9 Å². The van der Waals surface area contributed by atoms with Gasteiger partial charge >= 0.3 is 11.9 Å². The third kappa shape index (κ3) is 10.2. The van der Waals surface area contributed by atoms with E-state index in [1.807, 2.05) is 48.5 Å². The lowest BCUT2D eigenvalue weighted by molar-refractivity contribution is -0.159. The summed E-state index contributed by atoms with van der Waals surface area (Å²) in [4.78, 5) is 18.2. The molecule has 0 bridgehead atoms. The van der Waals surface area contributed by atoms with Gasteiger partial charge in [-0.05, 0) is 24.3 Å². The number of rotatable bonds is 11. The summed E-state index contributed by atoms with van der Waals surface area (Å²) in [6, 6.07) is 14.9. The van der Waals surface area contributed by atoms with Gasteiger partial charge in [0.05, 0.1) is 14.2 Å². The van der Waals surface area contributed by atoms with Gasteiger partial charge in [0.15, 0.2) is 11.5 Å². The molecule has 0 aromatic heterocycles. The number of carboxylic acid groups (broad SMARTS) is 2. The van der Waals surface area contributed by atoms with Crippen LogP contribution in [-0.2, 0) is 9.59 Å². The third-order valence-electron chi connectivity index (χ3n) is 3.66. The van der Waals surface area contributed by atoms with Gasteiger partial charge in [-0.3, -0.25) is 0 Å². The van der Waals surface area contributed by atoms with E-state index >= 15 is 0 Å². The Morgan fingerprint density at radius 1 is 0.903 bits per heavy atom. The van der Waals surface area contributed by atoms with Gasteiger partial charge in [0.25, 0.3) is 0 Å². The van der Waals surface area contributed by atoms with E-state index in [-0.39, 0.29) is 6.61 Å². The Labute approximate surface area is 179 Å². The zero-order valence-corrected chi connectivity index (χ0v) is 17.3. The Hall–Kier alpha value is -3.50. The molecular weight excluding hydrogens is 410 g/mol. The minimum atomic E-state index is -1.82. The fraction of sp³-hybridized carbons (Fsp3) is 0.333. The number of aliphatic carboxylic acids is 2. The number of aliphatic hydroxyl groups excluding tert-OH is 1. The molecule has 2 aromatic carbocycles. The number of methoxy groups -OCH3 is 2. The van der Waals surface area contributed by atoms with Crippen LogP contribution >= 0.6 is 0 Å². The van der Waals surface area contributed by atoms with Crippen molar-refractivity contribution in [3.63, 3.8) is 0 Å². The van der Waals surface area contributed by atoms with Gasteiger partial charge < -0.3 is 39.6 Å². The molecule has 2 aromatic rings. The summed E-state index contributed by atoms with van der Waals surface area (Å²) in [6.45, 7) is 1.64. The molecular formula is C21H27NO9. The van der Waals surface area contributed by atoms with Crippen molar-refractivity contribution in [2.45, 2.75) is 6.10 Å². The van der Waals surface area contributed by atoms with Crippen LogP contribution in [0.5, 0.6) is 23.0 Å². The second-order valence-electron chi connectivity index (χ2n) is 5.93. The smallest absolute Gasteiger partial charge is 0.414 e. The lowest BCUT2D eigenvalue weighted by Gasteiger charge is -2.15. The number of carbonyl (C=O) groups is 2. The van der Waals surface area contributed by atoms with Crippen molar-refractivity contribution in [2.75, 3.05) is 40.5 Å². The van der Waals surface area contributed by atoms with Crippen LogP contribution < -0.4 is 24.3 Å². The third-order valence-corrected chi connectivity index (χ3v) is 3.66. The topological polar surface area (TPSA) is 144 Å². The first-order valence-electron chi connectivity index (χ1n) is 9.25. The molecule has 4 N–H and O–H groups in total. The van der Waals surface area contributed by atoms with Gasteiger partial charge in [0, 0.05) is 13.1 Å². The first-order chi connectivity index (χ1) is 14.9. The summed E-state index contributed by atoms with van der Waals surface area (Å²) in [6.07, 6.45) is -0.596. The van der Waals surface area contributed by atoms with Gasteiger partial charge in [-0.2, -0.15) is 0 Å². The molecule has 10 heteroatoms.